The molecule has 0 fully saturated rings. The van der Waals surface area contributed by atoms with Gasteiger partial charge in [0.25, 0.3) is 5.91 Å². The summed E-state index contributed by atoms with van der Waals surface area (Å²) in [5.74, 6) is -0.826. The Labute approximate surface area is 153 Å². The molecule has 2 aromatic rings. The normalized spacial score (nSPS) is 14.3. The van der Waals surface area contributed by atoms with E-state index in [4.69, 9.17) is 4.74 Å². The van der Waals surface area contributed by atoms with Gasteiger partial charge in [-0.1, -0.05) is 24.6 Å². The number of methoxy groups -OCH3 is 1. The minimum Gasteiger partial charge on any atom is -0.467 e. The molecule has 0 atom stereocenters. The van der Waals surface area contributed by atoms with Gasteiger partial charge in [0.1, 0.15) is 5.54 Å². The van der Waals surface area contributed by atoms with E-state index in [-0.39, 0.29) is 5.91 Å². The van der Waals surface area contributed by atoms with E-state index in [1.807, 2.05) is 35.0 Å². The van der Waals surface area contributed by atoms with Gasteiger partial charge in [-0.3, -0.25) is 4.79 Å². The Morgan fingerprint density at radius 3 is 2.50 bits per heavy atom. The zero-order valence-corrected chi connectivity index (χ0v) is 15.5. The number of rotatable bonds is 4. The molecule has 26 heavy (non-hydrogen) atoms. The molecular weight excluding hydrogens is 330 g/mol. The first-order valence-corrected chi connectivity index (χ1v) is 9.01. The Hall–Kier alpha value is -2.63. The molecule has 1 aliphatic carbocycles. The lowest BCUT2D eigenvalue weighted by Gasteiger charge is -2.22. The van der Waals surface area contributed by atoms with E-state index in [0.717, 1.165) is 49.0 Å². The number of carbonyl (C=O) groups is 2. The fourth-order valence-corrected chi connectivity index (χ4v) is 3.39. The summed E-state index contributed by atoms with van der Waals surface area (Å²) in [6.45, 7) is 3.26. The van der Waals surface area contributed by atoms with Crippen LogP contribution in [0.25, 0.3) is 5.69 Å². The highest BCUT2D eigenvalue weighted by atomic mass is 16.5. The summed E-state index contributed by atoms with van der Waals surface area (Å²) >= 11 is 0. The number of nitrogens with one attached hydrogen (secondary N) is 1. The van der Waals surface area contributed by atoms with Crippen molar-refractivity contribution in [1.29, 1.82) is 0 Å². The highest BCUT2D eigenvalue weighted by molar-refractivity contribution is 5.97. The van der Waals surface area contributed by atoms with Gasteiger partial charge in [0.05, 0.1) is 12.8 Å². The quantitative estimate of drug-likeness (QED) is 0.676. The predicted octanol–water partition coefficient (Wildman–Crippen LogP) is 2.82. The summed E-state index contributed by atoms with van der Waals surface area (Å²) in [4.78, 5) is 24.8. The van der Waals surface area contributed by atoms with Crippen molar-refractivity contribution >= 4 is 11.9 Å². The van der Waals surface area contributed by atoms with Crippen LogP contribution in [0.2, 0.25) is 0 Å². The van der Waals surface area contributed by atoms with E-state index < -0.39 is 11.5 Å². The molecule has 138 valence electrons. The highest BCUT2D eigenvalue weighted by Gasteiger charge is 2.33. The summed E-state index contributed by atoms with van der Waals surface area (Å²) in [7, 11) is 1.31. The maximum absolute atomic E-state index is 12.9. The van der Waals surface area contributed by atoms with Crippen LogP contribution in [-0.2, 0) is 22.4 Å². The molecule has 0 aliphatic heterocycles. The molecule has 0 spiro atoms. The second kappa shape index (κ2) is 7.32. The van der Waals surface area contributed by atoms with Gasteiger partial charge in [-0.15, -0.1) is 0 Å². The molecule has 0 unspecified atom stereocenters. The molecular formula is C20H25N3O3. The molecule has 1 N–H and O–H groups in total. The van der Waals surface area contributed by atoms with E-state index in [2.05, 4.69) is 10.4 Å². The lowest BCUT2D eigenvalue weighted by molar-refractivity contribution is -0.146. The minimum absolute atomic E-state index is 0.340. The molecule has 1 aliphatic rings. The fraction of sp³-hybridized carbons (Fsp3) is 0.450. The van der Waals surface area contributed by atoms with E-state index in [0.29, 0.717) is 5.69 Å². The summed E-state index contributed by atoms with van der Waals surface area (Å²) in [6, 6.07) is 9.84. The molecule has 6 heteroatoms. The lowest BCUT2D eigenvalue weighted by Crippen LogP contribution is -2.50. The zero-order chi connectivity index (χ0) is 18.7. The average molecular weight is 355 g/mol. The number of benzene rings is 1. The van der Waals surface area contributed by atoms with Crippen LogP contribution in [0.3, 0.4) is 0 Å². The third-order valence-corrected chi connectivity index (χ3v) is 4.77. The summed E-state index contributed by atoms with van der Waals surface area (Å²) in [5, 5.41) is 7.39. The van der Waals surface area contributed by atoms with Crippen molar-refractivity contribution in [3.8, 4) is 5.69 Å². The summed E-state index contributed by atoms with van der Waals surface area (Å²) in [5.41, 5.74) is 2.32. The van der Waals surface area contributed by atoms with Gasteiger partial charge < -0.3 is 10.1 Å². The molecule has 1 aromatic carbocycles. The van der Waals surface area contributed by atoms with E-state index in [1.54, 1.807) is 13.8 Å². The first kappa shape index (κ1) is 18.2. The maximum atomic E-state index is 12.9. The SMILES string of the molecule is COC(=O)C(C)(C)NC(=O)c1nn(-c2ccccc2)c2c1CCCCC2. The van der Waals surface area contributed by atoms with Crippen LogP contribution in [-0.4, -0.2) is 34.3 Å². The third-order valence-electron chi connectivity index (χ3n) is 4.77. The number of hydrogen-bond donors (Lipinski definition) is 1. The van der Waals surface area contributed by atoms with Crippen LogP contribution < -0.4 is 5.32 Å². The molecule has 0 saturated heterocycles. The molecule has 1 aromatic heterocycles. The summed E-state index contributed by atoms with van der Waals surface area (Å²) < 4.78 is 6.66. The Morgan fingerprint density at radius 1 is 1.12 bits per heavy atom. The van der Waals surface area contributed by atoms with Crippen molar-refractivity contribution in [2.45, 2.75) is 51.5 Å². The zero-order valence-electron chi connectivity index (χ0n) is 15.5. The molecule has 0 radical (unpaired) electrons. The van der Waals surface area contributed by atoms with Crippen LogP contribution >= 0.6 is 0 Å². The van der Waals surface area contributed by atoms with Crippen LogP contribution in [0.1, 0.15) is 54.9 Å². The number of amides is 1. The van der Waals surface area contributed by atoms with Crippen molar-refractivity contribution in [1.82, 2.24) is 15.1 Å². The number of esters is 1. The van der Waals surface area contributed by atoms with Crippen LogP contribution in [0.4, 0.5) is 0 Å². The van der Waals surface area contributed by atoms with Gasteiger partial charge in [0.15, 0.2) is 5.69 Å². The van der Waals surface area contributed by atoms with Crippen LogP contribution in [0.15, 0.2) is 30.3 Å². The van der Waals surface area contributed by atoms with Crippen molar-refractivity contribution < 1.29 is 14.3 Å². The molecule has 0 bridgehead atoms. The number of fused-ring (bicyclic) bond motifs is 1. The number of ether oxygens (including phenoxy) is 1. The Bertz CT molecular complexity index is 809. The smallest absolute Gasteiger partial charge is 0.330 e. The second-order valence-corrected chi connectivity index (χ2v) is 7.15. The van der Waals surface area contributed by atoms with Crippen molar-refractivity contribution in [3.05, 3.63) is 47.3 Å². The van der Waals surface area contributed by atoms with Gasteiger partial charge in [0, 0.05) is 11.3 Å². The van der Waals surface area contributed by atoms with Crippen molar-refractivity contribution in [2.24, 2.45) is 0 Å². The lowest BCUT2D eigenvalue weighted by atomic mass is 10.0. The number of hydrogen-bond acceptors (Lipinski definition) is 4. The van der Waals surface area contributed by atoms with Gasteiger partial charge >= 0.3 is 5.97 Å². The fourth-order valence-electron chi connectivity index (χ4n) is 3.39. The number of carbonyl (C=O) groups excluding carboxylic acids is 2. The largest absolute Gasteiger partial charge is 0.467 e. The van der Waals surface area contributed by atoms with Gasteiger partial charge in [-0.05, 0) is 51.7 Å². The summed E-state index contributed by atoms with van der Waals surface area (Å²) in [6.07, 6.45) is 4.97. The van der Waals surface area contributed by atoms with E-state index in [9.17, 15) is 9.59 Å². The molecule has 1 heterocycles. The van der Waals surface area contributed by atoms with E-state index in [1.165, 1.54) is 7.11 Å². The standard InChI is InChI=1S/C20H25N3O3/c1-20(2,19(25)26-3)21-18(24)17-15-12-8-5-9-13-16(15)23(22-17)14-10-6-4-7-11-14/h4,6-7,10-11H,5,8-9,12-13H2,1-3H3,(H,21,24). The molecule has 6 nitrogen and oxygen atoms in total. The highest BCUT2D eigenvalue weighted by Crippen LogP contribution is 2.26. The van der Waals surface area contributed by atoms with Gasteiger partial charge in [-0.2, -0.15) is 5.10 Å². The average Bonchev–Trinajstić information content (AvgIpc) is 2.82. The van der Waals surface area contributed by atoms with E-state index >= 15 is 0 Å². The van der Waals surface area contributed by atoms with Crippen molar-refractivity contribution in [3.63, 3.8) is 0 Å². The van der Waals surface area contributed by atoms with Crippen molar-refractivity contribution in [2.75, 3.05) is 7.11 Å². The topological polar surface area (TPSA) is 73.2 Å². The Morgan fingerprint density at radius 2 is 1.81 bits per heavy atom. The molecule has 3 rings (SSSR count). The Kier molecular flexibility index (Phi) is 5.11. The first-order valence-electron chi connectivity index (χ1n) is 9.01. The monoisotopic (exact) mass is 355 g/mol. The maximum Gasteiger partial charge on any atom is 0.330 e. The molecule has 0 saturated carbocycles. The van der Waals surface area contributed by atoms with Crippen LogP contribution in [0, 0.1) is 0 Å². The van der Waals surface area contributed by atoms with Gasteiger partial charge in [-0.25, -0.2) is 9.48 Å². The predicted molar refractivity (Wildman–Crippen MR) is 98.4 cm³/mol. The molecule has 1 amide bonds. The second-order valence-electron chi connectivity index (χ2n) is 7.15. The Balaban J connectivity index is 2.01. The number of aromatic nitrogens is 2. The first-order chi connectivity index (χ1) is 12.4. The third kappa shape index (κ3) is 3.49. The minimum atomic E-state index is -1.11. The van der Waals surface area contributed by atoms with Gasteiger partial charge in [0.2, 0.25) is 0 Å². The number of para-hydroxylation sites is 1. The number of nitrogens with zero attached hydrogens (tertiary/aromatic N) is 2. The van der Waals surface area contributed by atoms with Crippen LogP contribution in [0.5, 0.6) is 0 Å².